The fourth-order valence-corrected chi connectivity index (χ4v) is 2.69. The molecule has 0 aliphatic carbocycles. The fourth-order valence-electron chi connectivity index (χ4n) is 1.71. The van der Waals surface area contributed by atoms with Gasteiger partial charge in [-0.1, -0.05) is 17.4 Å². The van der Waals surface area contributed by atoms with Gasteiger partial charge in [0.1, 0.15) is 19.2 Å². The van der Waals surface area contributed by atoms with Crippen molar-refractivity contribution in [3.05, 3.63) is 36.4 Å². The molecular weight excluding hydrogens is 262 g/mol. The van der Waals surface area contributed by atoms with Crippen molar-refractivity contribution in [1.29, 1.82) is 0 Å². The summed E-state index contributed by atoms with van der Waals surface area (Å²) in [5, 5.41) is 7.25. The number of hydrogen-bond acceptors (Lipinski definition) is 5. The van der Waals surface area contributed by atoms with Gasteiger partial charge in [0.05, 0.1) is 10.2 Å². The van der Waals surface area contributed by atoms with Gasteiger partial charge in [0.2, 0.25) is 5.91 Å². The minimum Gasteiger partial charge on any atom is -0.300 e. The van der Waals surface area contributed by atoms with Crippen molar-refractivity contribution in [3.63, 3.8) is 0 Å². The first-order chi connectivity index (χ1) is 9.20. The number of aryl methyl sites for hydroxylation is 1. The van der Waals surface area contributed by atoms with Crippen LogP contribution >= 0.6 is 11.3 Å². The first-order valence-electron chi connectivity index (χ1n) is 5.70. The number of thiazole rings is 1. The number of hydrogen-bond donors (Lipinski definition) is 1. The molecular formula is C12H11N5OS. The fraction of sp³-hybridized carbons (Fsp3) is 0.167. The second-order valence-corrected chi connectivity index (χ2v) is 5.16. The molecule has 0 aliphatic rings. The second kappa shape index (κ2) is 4.77. The van der Waals surface area contributed by atoms with Crippen LogP contribution < -0.4 is 5.32 Å². The van der Waals surface area contributed by atoms with Crippen molar-refractivity contribution in [2.24, 2.45) is 0 Å². The van der Waals surface area contributed by atoms with E-state index in [0.717, 1.165) is 10.2 Å². The third-order valence-electron chi connectivity index (χ3n) is 2.56. The lowest BCUT2D eigenvalue weighted by atomic mass is 10.2. The van der Waals surface area contributed by atoms with Gasteiger partial charge in [-0.25, -0.2) is 14.6 Å². The quantitative estimate of drug-likeness (QED) is 0.790. The molecule has 0 atom stereocenters. The summed E-state index contributed by atoms with van der Waals surface area (Å²) in [5.41, 5.74) is 2.07. The molecule has 0 saturated carbocycles. The summed E-state index contributed by atoms with van der Waals surface area (Å²) >= 11 is 1.46. The van der Waals surface area contributed by atoms with Crippen LogP contribution in [0.15, 0.2) is 30.9 Å². The summed E-state index contributed by atoms with van der Waals surface area (Å²) in [7, 11) is 0. The van der Waals surface area contributed by atoms with Crippen molar-refractivity contribution in [3.8, 4) is 0 Å². The van der Waals surface area contributed by atoms with E-state index in [2.05, 4.69) is 26.4 Å². The maximum absolute atomic E-state index is 11.8. The Kier molecular flexibility index (Phi) is 2.96. The molecule has 1 N–H and O–H groups in total. The number of anilines is 1. The molecule has 0 unspecified atom stereocenters. The first kappa shape index (κ1) is 11.8. The van der Waals surface area contributed by atoms with E-state index < -0.39 is 0 Å². The van der Waals surface area contributed by atoms with Crippen molar-refractivity contribution >= 4 is 32.6 Å². The van der Waals surface area contributed by atoms with Crippen molar-refractivity contribution in [2.75, 3.05) is 5.32 Å². The normalized spacial score (nSPS) is 10.8. The van der Waals surface area contributed by atoms with Gasteiger partial charge in [-0.2, -0.15) is 5.10 Å². The lowest BCUT2D eigenvalue weighted by Crippen LogP contribution is -2.18. The molecule has 1 aromatic carbocycles. The van der Waals surface area contributed by atoms with Crippen LogP contribution in [0.25, 0.3) is 10.2 Å². The number of amides is 1. The van der Waals surface area contributed by atoms with E-state index in [9.17, 15) is 4.79 Å². The van der Waals surface area contributed by atoms with Gasteiger partial charge in [-0.05, 0) is 24.6 Å². The summed E-state index contributed by atoms with van der Waals surface area (Å²) in [6.45, 7) is 2.16. The molecule has 2 aromatic heterocycles. The predicted octanol–water partition coefficient (Wildman–Crippen LogP) is 1.83. The number of aromatic nitrogens is 4. The van der Waals surface area contributed by atoms with Gasteiger partial charge < -0.3 is 5.32 Å². The largest absolute Gasteiger partial charge is 0.300 e. The van der Waals surface area contributed by atoms with E-state index >= 15 is 0 Å². The Morgan fingerprint density at radius 2 is 2.37 bits per heavy atom. The molecule has 1 amide bonds. The monoisotopic (exact) mass is 273 g/mol. The lowest BCUT2D eigenvalue weighted by Gasteiger charge is -2.00. The summed E-state index contributed by atoms with van der Waals surface area (Å²) in [6.07, 6.45) is 2.90. The van der Waals surface area contributed by atoms with Crippen LogP contribution in [0.5, 0.6) is 0 Å². The lowest BCUT2D eigenvalue weighted by molar-refractivity contribution is -0.116. The van der Waals surface area contributed by atoms with Crippen LogP contribution in [0.3, 0.4) is 0 Å². The average Bonchev–Trinajstić information content (AvgIpc) is 2.97. The highest BCUT2D eigenvalue weighted by Crippen LogP contribution is 2.26. The number of nitrogens with zero attached hydrogens (tertiary/aromatic N) is 4. The Labute approximate surface area is 113 Å². The average molecular weight is 273 g/mol. The van der Waals surface area contributed by atoms with E-state index in [0.29, 0.717) is 5.13 Å². The summed E-state index contributed by atoms with van der Waals surface area (Å²) in [4.78, 5) is 19.9. The van der Waals surface area contributed by atoms with Crippen molar-refractivity contribution < 1.29 is 4.79 Å². The molecule has 3 rings (SSSR count). The number of fused-ring (bicyclic) bond motifs is 1. The number of carbonyl (C=O) groups is 1. The summed E-state index contributed by atoms with van der Waals surface area (Å²) in [5.74, 6) is -0.165. The first-order valence-corrected chi connectivity index (χ1v) is 6.52. The van der Waals surface area contributed by atoms with Crippen LogP contribution in [-0.2, 0) is 11.3 Å². The molecule has 0 fully saturated rings. The topological polar surface area (TPSA) is 72.7 Å². The molecule has 0 radical (unpaired) electrons. The third-order valence-corrected chi connectivity index (χ3v) is 3.50. The van der Waals surface area contributed by atoms with Crippen LogP contribution in [0.4, 0.5) is 5.13 Å². The number of nitrogens with one attached hydrogen (secondary N) is 1. The third kappa shape index (κ3) is 2.60. The van der Waals surface area contributed by atoms with Gasteiger partial charge in [-0.3, -0.25) is 4.79 Å². The van der Waals surface area contributed by atoms with Crippen LogP contribution in [-0.4, -0.2) is 25.7 Å². The number of benzene rings is 1. The molecule has 19 heavy (non-hydrogen) atoms. The van der Waals surface area contributed by atoms with E-state index in [1.165, 1.54) is 34.2 Å². The summed E-state index contributed by atoms with van der Waals surface area (Å²) in [6, 6.07) is 6.01. The Balaban J connectivity index is 1.76. The van der Waals surface area contributed by atoms with E-state index in [4.69, 9.17) is 0 Å². The van der Waals surface area contributed by atoms with E-state index in [1.54, 1.807) is 0 Å². The van der Waals surface area contributed by atoms with Crippen LogP contribution in [0.2, 0.25) is 0 Å². The van der Waals surface area contributed by atoms with Gasteiger partial charge >= 0.3 is 0 Å². The maximum Gasteiger partial charge on any atom is 0.247 e. The number of rotatable bonds is 3. The van der Waals surface area contributed by atoms with Crippen LogP contribution in [0, 0.1) is 6.92 Å². The molecule has 0 spiro atoms. The Hall–Kier alpha value is -2.28. The SMILES string of the molecule is Cc1ccc2nc(NC(=O)Cn3cncn3)sc2c1. The van der Waals surface area contributed by atoms with Gasteiger partial charge in [0.15, 0.2) is 5.13 Å². The molecule has 96 valence electrons. The van der Waals surface area contributed by atoms with E-state index in [-0.39, 0.29) is 12.5 Å². The minimum atomic E-state index is -0.165. The Morgan fingerprint density at radius 1 is 1.47 bits per heavy atom. The molecule has 6 nitrogen and oxygen atoms in total. The smallest absolute Gasteiger partial charge is 0.247 e. The number of carbonyl (C=O) groups excluding carboxylic acids is 1. The van der Waals surface area contributed by atoms with Crippen molar-refractivity contribution in [1.82, 2.24) is 19.7 Å². The molecule has 0 bridgehead atoms. The van der Waals surface area contributed by atoms with Gasteiger partial charge in [0.25, 0.3) is 0 Å². The van der Waals surface area contributed by atoms with Crippen molar-refractivity contribution in [2.45, 2.75) is 13.5 Å². The second-order valence-electron chi connectivity index (χ2n) is 4.13. The zero-order valence-electron chi connectivity index (χ0n) is 10.2. The zero-order valence-corrected chi connectivity index (χ0v) is 11.0. The highest BCUT2D eigenvalue weighted by Gasteiger charge is 2.08. The standard InChI is InChI=1S/C12H11N5OS/c1-8-2-3-9-10(4-8)19-12(15-9)16-11(18)5-17-7-13-6-14-17/h2-4,6-7H,5H2,1H3,(H,15,16,18). The highest BCUT2D eigenvalue weighted by molar-refractivity contribution is 7.22. The Bertz CT molecular complexity index is 719. The molecule has 0 saturated heterocycles. The Morgan fingerprint density at radius 3 is 3.16 bits per heavy atom. The van der Waals surface area contributed by atoms with Gasteiger partial charge in [0, 0.05) is 0 Å². The molecule has 0 aliphatic heterocycles. The minimum absolute atomic E-state index is 0.134. The molecule has 3 aromatic rings. The predicted molar refractivity (Wildman–Crippen MR) is 73.0 cm³/mol. The van der Waals surface area contributed by atoms with Crippen LogP contribution in [0.1, 0.15) is 5.56 Å². The molecule has 2 heterocycles. The summed E-state index contributed by atoms with van der Waals surface area (Å²) < 4.78 is 2.53. The zero-order chi connectivity index (χ0) is 13.2. The maximum atomic E-state index is 11.8. The highest BCUT2D eigenvalue weighted by atomic mass is 32.1. The molecule has 7 heteroatoms. The van der Waals surface area contributed by atoms with Gasteiger partial charge in [-0.15, -0.1) is 0 Å². The van der Waals surface area contributed by atoms with E-state index in [1.807, 2.05) is 19.1 Å².